The molecule has 0 saturated carbocycles. The van der Waals surface area contributed by atoms with Crippen molar-refractivity contribution in [3.05, 3.63) is 36.3 Å². The third-order valence-electron chi connectivity index (χ3n) is 3.27. The molecule has 0 atom stereocenters. The van der Waals surface area contributed by atoms with E-state index in [1.54, 1.807) is 25.3 Å². The van der Waals surface area contributed by atoms with Crippen molar-refractivity contribution in [3.63, 3.8) is 0 Å². The van der Waals surface area contributed by atoms with Gasteiger partial charge in [-0.25, -0.2) is 17.2 Å². The van der Waals surface area contributed by atoms with Crippen LogP contribution in [0, 0.1) is 6.92 Å². The molecule has 122 valence electrons. The fraction of sp³-hybridized carbons (Fsp3) is 0.231. The zero-order chi connectivity index (χ0) is 16.6. The lowest BCUT2D eigenvalue weighted by Crippen LogP contribution is -2.13. The fourth-order valence-corrected chi connectivity index (χ4v) is 3.22. The molecule has 3 aromatic rings. The second kappa shape index (κ2) is 5.61. The molecule has 0 spiro atoms. The monoisotopic (exact) mass is 341 g/mol. The molecule has 7 nitrogen and oxygen atoms in total. The van der Waals surface area contributed by atoms with Gasteiger partial charge in [0, 0.05) is 11.6 Å². The Balaban J connectivity index is 1.90. The fourth-order valence-electron chi connectivity index (χ4n) is 2.14. The minimum Gasteiger partial charge on any atom is -0.279 e. The average Bonchev–Trinajstić information content (AvgIpc) is 3.07. The molecule has 2 N–H and O–H groups in total. The third kappa shape index (κ3) is 3.16. The van der Waals surface area contributed by atoms with Gasteiger partial charge < -0.3 is 0 Å². The summed E-state index contributed by atoms with van der Waals surface area (Å²) in [7, 11) is -3.92. The van der Waals surface area contributed by atoms with Crippen LogP contribution < -0.4 is 4.72 Å². The first kappa shape index (κ1) is 15.4. The summed E-state index contributed by atoms with van der Waals surface area (Å²) in [5, 5.41) is 11.1. The summed E-state index contributed by atoms with van der Waals surface area (Å²) < 4.78 is 52.6. The molecule has 2 aromatic heterocycles. The smallest absolute Gasteiger partial charge is 0.265 e. The number of hydrogen-bond acceptors (Lipinski definition) is 4. The second-order valence-corrected chi connectivity index (χ2v) is 6.70. The maximum absolute atomic E-state index is 12.3. The number of aromatic amines is 1. The normalized spacial score (nSPS) is 12.2. The zero-order valence-corrected chi connectivity index (χ0v) is 12.8. The standard InChI is InChI=1S/C13H13F2N5O2S/c1-8-2-9-4-16-18-12(9)3-11(8)19-23(21,22)10-5-17-20(6-10)7-13(14)15/h2-6,13,19H,7H2,1H3,(H,16,18). The summed E-state index contributed by atoms with van der Waals surface area (Å²) in [6.07, 6.45) is 1.13. The van der Waals surface area contributed by atoms with E-state index >= 15 is 0 Å². The number of aromatic nitrogens is 4. The van der Waals surface area contributed by atoms with Crippen molar-refractivity contribution in [2.75, 3.05) is 4.72 Å². The number of halogens is 2. The van der Waals surface area contributed by atoms with Crippen molar-refractivity contribution in [1.29, 1.82) is 0 Å². The number of rotatable bonds is 5. The Labute approximate surface area is 130 Å². The maximum atomic E-state index is 12.3. The zero-order valence-electron chi connectivity index (χ0n) is 12.0. The summed E-state index contributed by atoms with van der Waals surface area (Å²) in [5.41, 5.74) is 1.77. The predicted molar refractivity (Wildman–Crippen MR) is 79.9 cm³/mol. The van der Waals surface area contributed by atoms with E-state index in [1.165, 1.54) is 0 Å². The number of benzene rings is 1. The van der Waals surface area contributed by atoms with Crippen molar-refractivity contribution in [1.82, 2.24) is 20.0 Å². The summed E-state index contributed by atoms with van der Waals surface area (Å²) in [6, 6.07) is 3.41. The van der Waals surface area contributed by atoms with Gasteiger partial charge in [0.05, 0.1) is 23.6 Å². The van der Waals surface area contributed by atoms with E-state index in [1.807, 2.05) is 0 Å². The first-order chi connectivity index (χ1) is 10.8. The van der Waals surface area contributed by atoms with E-state index < -0.39 is 23.0 Å². The molecule has 0 aliphatic heterocycles. The van der Waals surface area contributed by atoms with Crippen LogP contribution in [0.2, 0.25) is 0 Å². The van der Waals surface area contributed by atoms with Gasteiger partial charge in [0.2, 0.25) is 0 Å². The molecular formula is C13H13F2N5O2S. The van der Waals surface area contributed by atoms with E-state index in [9.17, 15) is 17.2 Å². The Morgan fingerprint density at radius 3 is 2.87 bits per heavy atom. The Hall–Kier alpha value is -2.49. The molecule has 1 aromatic carbocycles. The molecule has 23 heavy (non-hydrogen) atoms. The summed E-state index contributed by atoms with van der Waals surface area (Å²) in [4.78, 5) is -0.178. The van der Waals surface area contributed by atoms with E-state index in [0.717, 1.165) is 22.5 Å². The Kier molecular flexibility index (Phi) is 3.76. The van der Waals surface area contributed by atoms with Crippen LogP contribution in [0.4, 0.5) is 14.5 Å². The van der Waals surface area contributed by atoms with Gasteiger partial charge in [-0.15, -0.1) is 0 Å². The quantitative estimate of drug-likeness (QED) is 0.743. The van der Waals surface area contributed by atoms with Gasteiger partial charge in [-0.2, -0.15) is 10.2 Å². The van der Waals surface area contributed by atoms with Crippen LogP contribution in [0.25, 0.3) is 10.9 Å². The number of H-pyrrole nitrogens is 1. The molecule has 3 rings (SSSR count). The van der Waals surface area contributed by atoms with Crippen molar-refractivity contribution in [2.45, 2.75) is 24.8 Å². The highest BCUT2D eigenvalue weighted by Crippen LogP contribution is 2.24. The molecular weight excluding hydrogens is 328 g/mol. The number of sulfonamides is 1. The number of nitrogens with zero attached hydrogens (tertiary/aromatic N) is 3. The van der Waals surface area contributed by atoms with Gasteiger partial charge in [0.15, 0.2) is 0 Å². The van der Waals surface area contributed by atoms with Crippen LogP contribution >= 0.6 is 0 Å². The van der Waals surface area contributed by atoms with Crippen LogP contribution in [-0.2, 0) is 16.6 Å². The molecule has 10 heteroatoms. The largest absolute Gasteiger partial charge is 0.279 e. The minimum absolute atomic E-state index is 0.178. The molecule has 0 amide bonds. The lowest BCUT2D eigenvalue weighted by atomic mass is 10.1. The highest BCUT2D eigenvalue weighted by Gasteiger charge is 2.19. The molecule has 2 heterocycles. The first-order valence-corrected chi connectivity index (χ1v) is 8.10. The van der Waals surface area contributed by atoms with Gasteiger partial charge in [0.1, 0.15) is 11.4 Å². The predicted octanol–water partition coefficient (Wildman–Crippen LogP) is 2.13. The number of hydrogen-bond donors (Lipinski definition) is 2. The molecule has 0 aliphatic carbocycles. The van der Waals surface area contributed by atoms with Gasteiger partial charge in [-0.1, -0.05) is 0 Å². The van der Waals surface area contributed by atoms with Gasteiger partial charge in [-0.3, -0.25) is 14.5 Å². The van der Waals surface area contributed by atoms with Crippen LogP contribution in [-0.4, -0.2) is 34.8 Å². The number of anilines is 1. The molecule has 0 fully saturated rings. The number of nitrogens with one attached hydrogen (secondary N) is 2. The van der Waals surface area contributed by atoms with E-state index in [4.69, 9.17) is 0 Å². The minimum atomic E-state index is -3.92. The second-order valence-electron chi connectivity index (χ2n) is 5.02. The number of alkyl halides is 2. The Morgan fingerprint density at radius 1 is 1.35 bits per heavy atom. The van der Waals surface area contributed by atoms with Crippen molar-refractivity contribution in [3.8, 4) is 0 Å². The topological polar surface area (TPSA) is 92.7 Å². The van der Waals surface area contributed by atoms with Gasteiger partial charge >= 0.3 is 0 Å². The summed E-state index contributed by atoms with van der Waals surface area (Å²) in [5.74, 6) is 0. The Bertz CT molecular complexity index is 948. The highest BCUT2D eigenvalue weighted by molar-refractivity contribution is 7.92. The van der Waals surface area contributed by atoms with Gasteiger partial charge in [0.25, 0.3) is 16.4 Å². The van der Waals surface area contributed by atoms with E-state index in [2.05, 4.69) is 20.0 Å². The molecule has 0 unspecified atom stereocenters. The van der Waals surface area contributed by atoms with Gasteiger partial charge in [-0.05, 0) is 24.6 Å². The number of fused-ring (bicyclic) bond motifs is 1. The first-order valence-electron chi connectivity index (χ1n) is 6.62. The maximum Gasteiger partial charge on any atom is 0.265 e. The van der Waals surface area contributed by atoms with E-state index in [0.29, 0.717) is 16.8 Å². The van der Waals surface area contributed by atoms with Crippen molar-refractivity contribution < 1.29 is 17.2 Å². The molecule has 0 aliphatic rings. The van der Waals surface area contributed by atoms with Crippen molar-refractivity contribution >= 4 is 26.6 Å². The lowest BCUT2D eigenvalue weighted by Gasteiger charge is -2.09. The van der Waals surface area contributed by atoms with E-state index in [-0.39, 0.29) is 4.90 Å². The van der Waals surface area contributed by atoms with Crippen LogP contribution in [0.5, 0.6) is 0 Å². The SMILES string of the molecule is Cc1cc2cn[nH]c2cc1NS(=O)(=O)c1cnn(CC(F)F)c1. The summed E-state index contributed by atoms with van der Waals surface area (Å²) >= 11 is 0. The number of aryl methyl sites for hydroxylation is 1. The van der Waals surface area contributed by atoms with Crippen molar-refractivity contribution in [2.24, 2.45) is 0 Å². The lowest BCUT2D eigenvalue weighted by molar-refractivity contribution is 0.121. The Morgan fingerprint density at radius 2 is 2.13 bits per heavy atom. The third-order valence-corrected chi connectivity index (χ3v) is 4.59. The van der Waals surface area contributed by atoms with Crippen LogP contribution in [0.1, 0.15) is 5.56 Å². The average molecular weight is 341 g/mol. The highest BCUT2D eigenvalue weighted by atomic mass is 32.2. The van der Waals surface area contributed by atoms with Crippen LogP contribution in [0.15, 0.2) is 35.6 Å². The molecule has 0 bridgehead atoms. The molecule has 0 radical (unpaired) electrons. The summed E-state index contributed by atoms with van der Waals surface area (Å²) in [6.45, 7) is 1.10. The van der Waals surface area contributed by atoms with Crippen LogP contribution in [0.3, 0.4) is 0 Å². The molecule has 0 saturated heterocycles.